The number of rotatable bonds is 5. The lowest BCUT2D eigenvalue weighted by atomic mass is 9.90. The number of morpholine rings is 1. The van der Waals surface area contributed by atoms with Crippen molar-refractivity contribution in [1.29, 1.82) is 0 Å². The standard InChI is InChI=1S/C15H26N2O3/c18-9-7-16(12-5-6-12)11-15(19)17-8-10-20-14-4-2-1-3-13(14)17/h12-14,18H,1-11H2. The van der Waals surface area contributed by atoms with Crippen molar-refractivity contribution in [3.63, 3.8) is 0 Å². The van der Waals surface area contributed by atoms with Gasteiger partial charge in [-0.15, -0.1) is 0 Å². The first kappa shape index (κ1) is 14.3. The number of fused-ring (bicyclic) bond motifs is 1. The predicted molar refractivity (Wildman–Crippen MR) is 75.4 cm³/mol. The molecule has 1 amide bonds. The van der Waals surface area contributed by atoms with Crippen LogP contribution in [0.3, 0.4) is 0 Å². The molecular formula is C15H26N2O3. The molecule has 3 rings (SSSR count). The number of aliphatic hydroxyl groups excluding tert-OH is 1. The van der Waals surface area contributed by atoms with Crippen LogP contribution in [0.1, 0.15) is 38.5 Å². The van der Waals surface area contributed by atoms with E-state index in [1.165, 1.54) is 25.7 Å². The topological polar surface area (TPSA) is 53.0 Å². The van der Waals surface area contributed by atoms with Crippen LogP contribution in [-0.2, 0) is 9.53 Å². The molecule has 2 aliphatic carbocycles. The first-order valence-corrected chi connectivity index (χ1v) is 8.05. The minimum absolute atomic E-state index is 0.138. The third-order valence-corrected chi connectivity index (χ3v) is 4.84. The second-order valence-corrected chi connectivity index (χ2v) is 6.27. The third-order valence-electron chi connectivity index (χ3n) is 4.84. The Kier molecular flexibility index (Phi) is 4.58. The summed E-state index contributed by atoms with van der Waals surface area (Å²) in [7, 11) is 0. The summed E-state index contributed by atoms with van der Waals surface area (Å²) >= 11 is 0. The second kappa shape index (κ2) is 6.41. The van der Waals surface area contributed by atoms with E-state index in [2.05, 4.69) is 9.80 Å². The van der Waals surface area contributed by atoms with Gasteiger partial charge in [-0.1, -0.05) is 12.8 Å². The van der Waals surface area contributed by atoms with Crippen LogP contribution < -0.4 is 0 Å². The largest absolute Gasteiger partial charge is 0.395 e. The van der Waals surface area contributed by atoms with Crippen molar-refractivity contribution in [1.82, 2.24) is 9.80 Å². The summed E-state index contributed by atoms with van der Waals surface area (Å²) in [5.74, 6) is 0.227. The number of carbonyl (C=O) groups is 1. The molecule has 3 aliphatic rings. The van der Waals surface area contributed by atoms with Crippen molar-refractivity contribution in [2.45, 2.75) is 56.7 Å². The maximum Gasteiger partial charge on any atom is 0.237 e. The Bertz CT molecular complexity index is 344. The lowest BCUT2D eigenvalue weighted by Crippen LogP contribution is -2.57. The molecule has 5 heteroatoms. The predicted octanol–water partition coefficient (Wildman–Crippen LogP) is 0.613. The monoisotopic (exact) mass is 282 g/mol. The summed E-state index contributed by atoms with van der Waals surface area (Å²) in [6, 6.07) is 0.814. The molecule has 2 unspecified atom stereocenters. The van der Waals surface area contributed by atoms with Crippen LogP contribution in [0.2, 0.25) is 0 Å². The molecule has 5 nitrogen and oxygen atoms in total. The zero-order valence-corrected chi connectivity index (χ0v) is 12.2. The fourth-order valence-electron chi connectivity index (χ4n) is 3.63. The van der Waals surface area contributed by atoms with E-state index in [1.54, 1.807) is 0 Å². The van der Waals surface area contributed by atoms with E-state index in [9.17, 15) is 4.79 Å². The van der Waals surface area contributed by atoms with E-state index in [1.807, 2.05) is 0 Å². The van der Waals surface area contributed by atoms with Crippen LogP contribution in [0.5, 0.6) is 0 Å². The van der Waals surface area contributed by atoms with Crippen LogP contribution in [0.15, 0.2) is 0 Å². The summed E-state index contributed by atoms with van der Waals surface area (Å²) in [6.07, 6.45) is 7.20. The highest BCUT2D eigenvalue weighted by Gasteiger charge is 2.38. The van der Waals surface area contributed by atoms with E-state index in [4.69, 9.17) is 9.84 Å². The van der Waals surface area contributed by atoms with Crippen LogP contribution in [-0.4, -0.2) is 71.8 Å². The van der Waals surface area contributed by atoms with E-state index in [0.717, 1.165) is 19.4 Å². The lowest BCUT2D eigenvalue weighted by molar-refractivity contribution is -0.150. The normalized spacial score (nSPS) is 30.4. The SMILES string of the molecule is O=C(CN(CCO)C1CC1)N1CCOC2CCCCC21. The zero-order chi connectivity index (χ0) is 13.9. The highest BCUT2D eigenvalue weighted by Crippen LogP contribution is 2.30. The molecule has 3 fully saturated rings. The van der Waals surface area contributed by atoms with Crippen molar-refractivity contribution in [2.75, 3.05) is 32.8 Å². The van der Waals surface area contributed by atoms with Crippen molar-refractivity contribution >= 4 is 5.91 Å². The summed E-state index contributed by atoms with van der Waals surface area (Å²) in [5, 5.41) is 9.14. The minimum Gasteiger partial charge on any atom is -0.395 e. The molecule has 114 valence electrons. The van der Waals surface area contributed by atoms with Crippen LogP contribution in [0.25, 0.3) is 0 Å². The first-order chi connectivity index (χ1) is 9.79. The molecule has 2 saturated carbocycles. The third kappa shape index (κ3) is 3.15. The molecule has 0 aromatic heterocycles. The molecule has 0 bridgehead atoms. The summed E-state index contributed by atoms with van der Waals surface area (Å²) in [5.41, 5.74) is 0. The Hall–Kier alpha value is -0.650. The number of aliphatic hydroxyl groups is 1. The number of amides is 1. The molecule has 1 heterocycles. The van der Waals surface area contributed by atoms with Gasteiger partial charge in [0.1, 0.15) is 0 Å². The van der Waals surface area contributed by atoms with Gasteiger partial charge in [0, 0.05) is 19.1 Å². The summed E-state index contributed by atoms with van der Waals surface area (Å²) < 4.78 is 5.83. The number of hydrogen-bond acceptors (Lipinski definition) is 4. The average molecular weight is 282 g/mol. The van der Waals surface area contributed by atoms with Crippen molar-refractivity contribution in [3.05, 3.63) is 0 Å². The van der Waals surface area contributed by atoms with Crippen molar-refractivity contribution in [2.24, 2.45) is 0 Å². The number of ether oxygens (including phenoxy) is 1. The van der Waals surface area contributed by atoms with Gasteiger partial charge >= 0.3 is 0 Å². The molecule has 0 spiro atoms. The van der Waals surface area contributed by atoms with Gasteiger partial charge in [-0.2, -0.15) is 0 Å². The van der Waals surface area contributed by atoms with Gasteiger partial charge in [0.2, 0.25) is 5.91 Å². The Morgan fingerprint density at radius 1 is 1.25 bits per heavy atom. The van der Waals surface area contributed by atoms with Gasteiger partial charge in [-0.05, 0) is 25.7 Å². The Morgan fingerprint density at radius 3 is 2.80 bits per heavy atom. The van der Waals surface area contributed by atoms with Gasteiger partial charge < -0.3 is 14.7 Å². The van der Waals surface area contributed by atoms with Crippen LogP contribution in [0, 0.1) is 0 Å². The summed E-state index contributed by atoms with van der Waals surface area (Å²) in [6.45, 7) is 2.64. The highest BCUT2D eigenvalue weighted by atomic mass is 16.5. The zero-order valence-electron chi connectivity index (χ0n) is 12.2. The minimum atomic E-state index is 0.138. The second-order valence-electron chi connectivity index (χ2n) is 6.27. The van der Waals surface area contributed by atoms with Gasteiger partial charge in [-0.3, -0.25) is 9.69 Å². The fraction of sp³-hybridized carbons (Fsp3) is 0.933. The first-order valence-electron chi connectivity index (χ1n) is 8.05. The van der Waals surface area contributed by atoms with Crippen LogP contribution >= 0.6 is 0 Å². The molecule has 1 aliphatic heterocycles. The van der Waals surface area contributed by atoms with Crippen molar-refractivity contribution in [3.8, 4) is 0 Å². The molecule has 0 aromatic rings. The van der Waals surface area contributed by atoms with Gasteiger partial charge in [0.05, 0.1) is 31.9 Å². The Morgan fingerprint density at radius 2 is 2.05 bits per heavy atom. The number of carbonyl (C=O) groups excluding carboxylic acids is 1. The molecule has 20 heavy (non-hydrogen) atoms. The average Bonchev–Trinajstić information content (AvgIpc) is 3.31. The van der Waals surface area contributed by atoms with Crippen molar-refractivity contribution < 1.29 is 14.6 Å². The smallest absolute Gasteiger partial charge is 0.237 e. The van der Waals surface area contributed by atoms with Gasteiger partial charge in [-0.25, -0.2) is 0 Å². The van der Waals surface area contributed by atoms with Gasteiger partial charge in [0.15, 0.2) is 0 Å². The van der Waals surface area contributed by atoms with E-state index >= 15 is 0 Å². The Labute approximate surface area is 120 Å². The molecule has 1 saturated heterocycles. The molecule has 1 N–H and O–H groups in total. The molecular weight excluding hydrogens is 256 g/mol. The Balaban J connectivity index is 1.59. The number of hydrogen-bond donors (Lipinski definition) is 1. The van der Waals surface area contributed by atoms with E-state index in [-0.39, 0.29) is 18.6 Å². The maximum absolute atomic E-state index is 12.6. The van der Waals surface area contributed by atoms with E-state index < -0.39 is 0 Å². The van der Waals surface area contributed by atoms with Gasteiger partial charge in [0.25, 0.3) is 0 Å². The highest BCUT2D eigenvalue weighted by molar-refractivity contribution is 5.79. The maximum atomic E-state index is 12.6. The lowest BCUT2D eigenvalue weighted by Gasteiger charge is -2.44. The van der Waals surface area contributed by atoms with E-state index in [0.29, 0.717) is 31.8 Å². The summed E-state index contributed by atoms with van der Waals surface area (Å²) in [4.78, 5) is 16.8. The number of nitrogens with zero attached hydrogens (tertiary/aromatic N) is 2. The fourth-order valence-corrected chi connectivity index (χ4v) is 3.63. The molecule has 0 radical (unpaired) electrons. The quantitative estimate of drug-likeness (QED) is 0.803. The molecule has 2 atom stereocenters. The molecule has 0 aromatic carbocycles. The van der Waals surface area contributed by atoms with Crippen LogP contribution in [0.4, 0.5) is 0 Å².